The van der Waals surface area contributed by atoms with Crippen LogP contribution < -0.4 is 0 Å². The lowest BCUT2D eigenvalue weighted by molar-refractivity contribution is 0.0499. The number of piperidine rings is 1. The van der Waals surface area contributed by atoms with E-state index in [1.54, 1.807) is 0 Å². The van der Waals surface area contributed by atoms with Crippen molar-refractivity contribution in [2.24, 2.45) is 5.92 Å². The molecule has 0 saturated carbocycles. The van der Waals surface area contributed by atoms with Crippen LogP contribution in [0.5, 0.6) is 0 Å². The van der Waals surface area contributed by atoms with E-state index in [1.165, 1.54) is 45.3 Å². The SMILES string of the molecule is ClC1CCN(CC2CCOCC2)CC1. The molecule has 0 aromatic rings. The molecule has 3 heteroatoms. The van der Waals surface area contributed by atoms with Gasteiger partial charge in [0.15, 0.2) is 0 Å². The van der Waals surface area contributed by atoms with Crippen molar-refractivity contribution in [1.29, 1.82) is 0 Å². The summed E-state index contributed by atoms with van der Waals surface area (Å²) in [6.45, 7) is 5.61. The van der Waals surface area contributed by atoms with Gasteiger partial charge in [0.25, 0.3) is 0 Å². The van der Waals surface area contributed by atoms with Gasteiger partial charge in [0, 0.05) is 25.1 Å². The Morgan fingerprint density at radius 1 is 1.07 bits per heavy atom. The number of rotatable bonds is 2. The third kappa shape index (κ3) is 3.11. The molecule has 0 aliphatic carbocycles. The van der Waals surface area contributed by atoms with Gasteiger partial charge < -0.3 is 9.64 Å². The average molecular weight is 218 g/mol. The van der Waals surface area contributed by atoms with Gasteiger partial charge in [0.1, 0.15) is 0 Å². The molecule has 0 N–H and O–H groups in total. The van der Waals surface area contributed by atoms with Gasteiger partial charge in [0.05, 0.1) is 0 Å². The number of halogens is 1. The zero-order valence-electron chi connectivity index (χ0n) is 8.75. The molecule has 0 radical (unpaired) electrons. The van der Waals surface area contributed by atoms with Crippen LogP contribution in [0, 0.1) is 5.92 Å². The molecule has 2 saturated heterocycles. The maximum atomic E-state index is 6.08. The molecule has 82 valence electrons. The lowest BCUT2D eigenvalue weighted by Gasteiger charge is -2.33. The fraction of sp³-hybridized carbons (Fsp3) is 1.00. The summed E-state index contributed by atoms with van der Waals surface area (Å²) in [5.74, 6) is 0.871. The van der Waals surface area contributed by atoms with E-state index in [2.05, 4.69) is 4.90 Å². The Morgan fingerprint density at radius 3 is 2.36 bits per heavy atom. The second kappa shape index (κ2) is 5.34. The van der Waals surface area contributed by atoms with Crippen LogP contribution in [0.15, 0.2) is 0 Å². The second-order valence-corrected chi connectivity index (χ2v) is 5.15. The van der Waals surface area contributed by atoms with Gasteiger partial charge >= 0.3 is 0 Å². The molecule has 0 atom stereocenters. The average Bonchev–Trinajstić information content (AvgIpc) is 2.23. The molecular weight excluding hydrogens is 198 g/mol. The van der Waals surface area contributed by atoms with Crippen molar-refractivity contribution in [2.75, 3.05) is 32.8 Å². The zero-order chi connectivity index (χ0) is 9.80. The van der Waals surface area contributed by atoms with E-state index in [1.807, 2.05) is 0 Å². The lowest BCUT2D eigenvalue weighted by atomic mass is 9.98. The highest BCUT2D eigenvalue weighted by Gasteiger charge is 2.21. The number of hydrogen-bond donors (Lipinski definition) is 0. The van der Waals surface area contributed by atoms with Crippen molar-refractivity contribution in [3.8, 4) is 0 Å². The molecule has 0 bridgehead atoms. The van der Waals surface area contributed by atoms with E-state index in [4.69, 9.17) is 16.3 Å². The van der Waals surface area contributed by atoms with E-state index < -0.39 is 0 Å². The van der Waals surface area contributed by atoms with Gasteiger partial charge in [-0.05, 0) is 44.7 Å². The summed E-state index contributed by atoms with van der Waals surface area (Å²) in [6.07, 6.45) is 4.84. The minimum absolute atomic E-state index is 0.431. The smallest absolute Gasteiger partial charge is 0.0469 e. The van der Waals surface area contributed by atoms with Gasteiger partial charge in [-0.3, -0.25) is 0 Å². The standard InChI is InChI=1S/C11H20ClNO/c12-11-1-5-13(6-2-11)9-10-3-7-14-8-4-10/h10-11H,1-9H2. The molecule has 2 aliphatic heterocycles. The van der Waals surface area contributed by atoms with Gasteiger partial charge in [-0.15, -0.1) is 11.6 Å². The lowest BCUT2D eigenvalue weighted by Crippen LogP contribution is -2.38. The Morgan fingerprint density at radius 2 is 1.71 bits per heavy atom. The number of likely N-dealkylation sites (tertiary alicyclic amines) is 1. The Labute approximate surface area is 91.6 Å². The summed E-state index contributed by atoms with van der Waals surface area (Å²) in [7, 11) is 0. The summed E-state index contributed by atoms with van der Waals surface area (Å²) >= 11 is 6.08. The Hall–Kier alpha value is 0.210. The van der Waals surface area contributed by atoms with Crippen LogP contribution in [0.25, 0.3) is 0 Å². The number of nitrogens with zero attached hydrogens (tertiary/aromatic N) is 1. The van der Waals surface area contributed by atoms with Gasteiger partial charge in [-0.2, -0.15) is 0 Å². The second-order valence-electron chi connectivity index (χ2n) is 4.53. The van der Waals surface area contributed by atoms with Gasteiger partial charge in [0.2, 0.25) is 0 Å². The summed E-state index contributed by atoms with van der Waals surface area (Å²) in [6, 6.07) is 0. The van der Waals surface area contributed by atoms with Crippen molar-refractivity contribution in [1.82, 2.24) is 4.90 Å². The first-order chi connectivity index (χ1) is 6.84. The molecule has 0 spiro atoms. The highest BCUT2D eigenvalue weighted by atomic mass is 35.5. The maximum absolute atomic E-state index is 6.08. The first-order valence-electron chi connectivity index (χ1n) is 5.79. The molecule has 0 unspecified atom stereocenters. The highest BCUT2D eigenvalue weighted by Crippen LogP contribution is 2.20. The van der Waals surface area contributed by atoms with E-state index in [0.29, 0.717) is 5.38 Å². The minimum Gasteiger partial charge on any atom is -0.381 e. The van der Waals surface area contributed by atoms with E-state index in [0.717, 1.165) is 19.1 Å². The molecule has 2 heterocycles. The Bertz CT molecular complexity index is 163. The van der Waals surface area contributed by atoms with Crippen molar-refractivity contribution >= 4 is 11.6 Å². The van der Waals surface area contributed by atoms with Crippen molar-refractivity contribution in [3.05, 3.63) is 0 Å². The highest BCUT2D eigenvalue weighted by molar-refractivity contribution is 6.20. The molecule has 2 fully saturated rings. The Kier molecular flexibility index (Phi) is 4.09. The van der Waals surface area contributed by atoms with Crippen molar-refractivity contribution < 1.29 is 4.74 Å². The third-order valence-corrected chi connectivity index (χ3v) is 3.81. The molecule has 2 nitrogen and oxygen atoms in total. The third-order valence-electron chi connectivity index (χ3n) is 3.37. The summed E-state index contributed by atoms with van der Waals surface area (Å²) in [5, 5.41) is 0.431. The molecule has 2 rings (SSSR count). The number of hydrogen-bond acceptors (Lipinski definition) is 2. The van der Waals surface area contributed by atoms with E-state index in [9.17, 15) is 0 Å². The van der Waals surface area contributed by atoms with Crippen LogP contribution in [0.4, 0.5) is 0 Å². The van der Waals surface area contributed by atoms with Crippen LogP contribution in [0.1, 0.15) is 25.7 Å². The molecule has 0 amide bonds. The van der Waals surface area contributed by atoms with Crippen LogP contribution >= 0.6 is 11.6 Å². The predicted molar refractivity (Wildman–Crippen MR) is 58.9 cm³/mol. The van der Waals surface area contributed by atoms with Crippen LogP contribution in [-0.2, 0) is 4.74 Å². The first kappa shape index (κ1) is 10.7. The number of ether oxygens (including phenoxy) is 1. The first-order valence-corrected chi connectivity index (χ1v) is 6.22. The van der Waals surface area contributed by atoms with Crippen LogP contribution in [-0.4, -0.2) is 43.1 Å². The molecule has 2 aliphatic rings. The van der Waals surface area contributed by atoms with Crippen molar-refractivity contribution in [2.45, 2.75) is 31.1 Å². The zero-order valence-corrected chi connectivity index (χ0v) is 9.51. The molecule has 0 aromatic carbocycles. The Balaban J connectivity index is 1.68. The van der Waals surface area contributed by atoms with Crippen LogP contribution in [0.2, 0.25) is 0 Å². The maximum Gasteiger partial charge on any atom is 0.0469 e. The summed E-state index contributed by atoms with van der Waals surface area (Å²) in [4.78, 5) is 2.58. The van der Waals surface area contributed by atoms with E-state index in [-0.39, 0.29) is 0 Å². The molecule has 14 heavy (non-hydrogen) atoms. The topological polar surface area (TPSA) is 12.5 Å². The normalized spacial score (nSPS) is 28.1. The molecule has 0 aromatic heterocycles. The number of alkyl halides is 1. The summed E-state index contributed by atoms with van der Waals surface area (Å²) in [5.41, 5.74) is 0. The predicted octanol–water partition coefficient (Wildman–Crippen LogP) is 2.12. The minimum atomic E-state index is 0.431. The van der Waals surface area contributed by atoms with E-state index >= 15 is 0 Å². The van der Waals surface area contributed by atoms with Gasteiger partial charge in [-0.1, -0.05) is 0 Å². The monoisotopic (exact) mass is 217 g/mol. The van der Waals surface area contributed by atoms with Crippen molar-refractivity contribution in [3.63, 3.8) is 0 Å². The molecular formula is C11H20ClNO. The summed E-state index contributed by atoms with van der Waals surface area (Å²) < 4.78 is 5.37. The largest absolute Gasteiger partial charge is 0.381 e. The van der Waals surface area contributed by atoms with Crippen LogP contribution in [0.3, 0.4) is 0 Å². The fourth-order valence-corrected chi connectivity index (χ4v) is 2.57. The fourth-order valence-electron chi connectivity index (χ4n) is 2.38. The quantitative estimate of drug-likeness (QED) is 0.657. The van der Waals surface area contributed by atoms with Gasteiger partial charge in [-0.25, -0.2) is 0 Å².